The highest BCUT2D eigenvalue weighted by Gasteiger charge is 2.29. The van der Waals surface area contributed by atoms with Crippen LogP contribution in [0.4, 0.5) is 11.4 Å². The predicted molar refractivity (Wildman–Crippen MR) is 175 cm³/mol. The Balaban J connectivity index is 1.23. The van der Waals surface area contributed by atoms with E-state index in [1.54, 1.807) is 0 Å². The number of piperazine rings is 1. The van der Waals surface area contributed by atoms with E-state index in [0.29, 0.717) is 22.6 Å². The quantitative estimate of drug-likeness (QED) is 0.197. The fourth-order valence-electron chi connectivity index (χ4n) is 6.50. The second kappa shape index (κ2) is 12.9. The summed E-state index contributed by atoms with van der Waals surface area (Å²) in [5.41, 5.74) is 9.78. The van der Waals surface area contributed by atoms with Crippen LogP contribution >= 0.6 is 23.2 Å². The Kier molecular flexibility index (Phi) is 8.82. The number of para-hydroxylation sites is 1. The van der Waals surface area contributed by atoms with E-state index in [0.717, 1.165) is 91.2 Å². The lowest BCUT2D eigenvalue weighted by Gasteiger charge is -2.38. The van der Waals surface area contributed by atoms with Crippen LogP contribution in [-0.4, -0.2) is 48.4 Å². The molecule has 1 amide bonds. The summed E-state index contributed by atoms with van der Waals surface area (Å²) in [6.07, 6.45) is 3.06. The van der Waals surface area contributed by atoms with Crippen LogP contribution in [0.1, 0.15) is 27.8 Å². The third kappa shape index (κ3) is 6.20. The first-order valence-corrected chi connectivity index (χ1v) is 15.4. The molecule has 216 valence electrons. The molecule has 1 aliphatic heterocycles. The van der Waals surface area contributed by atoms with Crippen molar-refractivity contribution in [2.24, 2.45) is 0 Å². The van der Waals surface area contributed by atoms with E-state index < -0.39 is 0 Å². The van der Waals surface area contributed by atoms with Crippen molar-refractivity contribution >= 4 is 41.0 Å². The summed E-state index contributed by atoms with van der Waals surface area (Å²) < 4.78 is 0. The second-order valence-corrected chi connectivity index (χ2v) is 12.2. The Hall–Kier alpha value is -3.35. The van der Waals surface area contributed by atoms with Crippen LogP contribution in [-0.2, 0) is 30.7 Å². The number of rotatable bonds is 9. The van der Waals surface area contributed by atoms with Gasteiger partial charge in [-0.3, -0.25) is 14.6 Å². The van der Waals surface area contributed by atoms with Gasteiger partial charge in [-0.05, 0) is 71.8 Å². The van der Waals surface area contributed by atoms with Crippen molar-refractivity contribution in [3.8, 4) is 11.1 Å². The topological polar surface area (TPSA) is 47.6 Å². The number of fused-ring (bicyclic) bond motifs is 1. The minimum atomic E-state index is 0.476. The summed E-state index contributed by atoms with van der Waals surface area (Å²) in [7, 11) is 0. The van der Waals surface area contributed by atoms with Gasteiger partial charge in [-0.15, -0.1) is 0 Å². The van der Waals surface area contributed by atoms with E-state index in [4.69, 9.17) is 23.2 Å². The molecule has 1 fully saturated rings. The number of benzene rings is 4. The lowest BCUT2D eigenvalue weighted by Crippen LogP contribution is -2.50. The van der Waals surface area contributed by atoms with Crippen LogP contribution in [0.15, 0.2) is 78.9 Å². The summed E-state index contributed by atoms with van der Waals surface area (Å²) in [5, 5.41) is 7.83. The molecule has 6 rings (SSSR count). The molecule has 5 nitrogen and oxygen atoms in total. The molecule has 0 bridgehead atoms. The predicted octanol–water partition coefficient (Wildman–Crippen LogP) is 7.43. The van der Waals surface area contributed by atoms with Crippen LogP contribution in [0, 0.1) is 6.92 Å². The maximum atomic E-state index is 11.8. The van der Waals surface area contributed by atoms with Gasteiger partial charge in [0.2, 0.25) is 6.41 Å². The van der Waals surface area contributed by atoms with E-state index in [1.165, 1.54) is 11.1 Å². The first kappa shape index (κ1) is 28.8. The highest BCUT2D eigenvalue weighted by molar-refractivity contribution is 6.33. The smallest absolute Gasteiger partial charge is 0.211 e. The third-order valence-electron chi connectivity index (χ3n) is 8.71. The van der Waals surface area contributed by atoms with Gasteiger partial charge in [0.1, 0.15) is 0 Å². The molecule has 0 aromatic heterocycles. The van der Waals surface area contributed by atoms with Gasteiger partial charge in [-0.25, -0.2) is 0 Å². The lowest BCUT2D eigenvalue weighted by molar-refractivity contribution is -0.105. The summed E-state index contributed by atoms with van der Waals surface area (Å²) in [6.45, 7) is 7.47. The number of hydrogen-bond donors (Lipinski definition) is 2. The summed E-state index contributed by atoms with van der Waals surface area (Å²) >= 11 is 13.3. The molecule has 2 aliphatic rings. The molecule has 1 saturated heterocycles. The van der Waals surface area contributed by atoms with E-state index >= 15 is 0 Å². The van der Waals surface area contributed by atoms with Gasteiger partial charge in [-0.2, -0.15) is 0 Å². The molecule has 2 N–H and O–H groups in total. The normalized spacial score (nSPS) is 15.9. The first-order chi connectivity index (χ1) is 20.5. The monoisotopic (exact) mass is 598 g/mol. The van der Waals surface area contributed by atoms with Crippen LogP contribution in [0.5, 0.6) is 0 Å². The molecule has 42 heavy (non-hydrogen) atoms. The zero-order valence-corrected chi connectivity index (χ0v) is 25.4. The second-order valence-electron chi connectivity index (χ2n) is 11.3. The molecule has 4 aromatic rings. The van der Waals surface area contributed by atoms with Crippen LogP contribution in [0.25, 0.3) is 11.1 Å². The number of nitrogens with zero attached hydrogens (tertiary/aromatic N) is 2. The highest BCUT2D eigenvalue weighted by atomic mass is 35.5. The van der Waals surface area contributed by atoms with Crippen molar-refractivity contribution in [2.45, 2.75) is 38.9 Å². The van der Waals surface area contributed by atoms with Crippen molar-refractivity contribution < 1.29 is 4.79 Å². The van der Waals surface area contributed by atoms with Gasteiger partial charge in [-0.1, -0.05) is 77.8 Å². The Morgan fingerprint density at radius 2 is 1.52 bits per heavy atom. The van der Waals surface area contributed by atoms with E-state index in [1.807, 2.05) is 49.4 Å². The van der Waals surface area contributed by atoms with Gasteiger partial charge < -0.3 is 10.6 Å². The van der Waals surface area contributed by atoms with Crippen molar-refractivity contribution in [1.82, 2.24) is 9.80 Å². The van der Waals surface area contributed by atoms with Gasteiger partial charge in [0.05, 0.1) is 10.7 Å². The summed E-state index contributed by atoms with van der Waals surface area (Å²) in [6, 6.07) is 27.5. The minimum Gasteiger partial charge on any atom is -0.379 e. The molecule has 4 aromatic carbocycles. The molecular formula is C35H36Cl2N4O. The number of nitrogens with one attached hydrogen (secondary N) is 2. The summed E-state index contributed by atoms with van der Waals surface area (Å²) in [5.74, 6) is 0. The van der Waals surface area contributed by atoms with Crippen LogP contribution < -0.4 is 10.6 Å². The maximum absolute atomic E-state index is 11.8. The SMILES string of the molecule is Cc1cccc(Cl)c1NCc1c(NC=O)cc(CN2CCN(C3Cc4ccccc4C3)CC2)cc1-c1ccccc1Cl. The fourth-order valence-corrected chi connectivity index (χ4v) is 7.02. The molecule has 0 unspecified atom stereocenters. The molecule has 0 spiro atoms. The minimum absolute atomic E-state index is 0.476. The van der Waals surface area contributed by atoms with Gasteiger partial charge in [0.15, 0.2) is 0 Å². The van der Waals surface area contributed by atoms with E-state index in [9.17, 15) is 4.79 Å². The van der Waals surface area contributed by atoms with Crippen molar-refractivity contribution in [3.05, 3.63) is 117 Å². The number of aryl methyl sites for hydroxylation is 1. The molecular weight excluding hydrogens is 563 g/mol. The average molecular weight is 600 g/mol. The number of hydrogen-bond acceptors (Lipinski definition) is 4. The fraction of sp³-hybridized carbons (Fsp3) is 0.286. The standard InChI is InChI=1S/C35H36Cl2N4O/c1-24-7-6-12-33(37)35(24)38-21-31-30(29-10-4-5-11-32(29)36)17-25(18-34(31)39-23-42)22-40-13-15-41(16-14-40)28-19-26-8-2-3-9-27(26)20-28/h2-12,17-18,23,28,38H,13-16,19-22H2,1H3,(H,39,42). The zero-order valence-electron chi connectivity index (χ0n) is 23.9. The Labute approximate surface area is 258 Å². The molecule has 0 radical (unpaired) electrons. The maximum Gasteiger partial charge on any atom is 0.211 e. The van der Waals surface area contributed by atoms with Gasteiger partial charge >= 0.3 is 0 Å². The zero-order chi connectivity index (χ0) is 29.1. The Morgan fingerprint density at radius 1 is 0.833 bits per heavy atom. The van der Waals surface area contributed by atoms with E-state index in [-0.39, 0.29) is 0 Å². The number of halogens is 2. The highest BCUT2D eigenvalue weighted by Crippen LogP contribution is 2.37. The average Bonchev–Trinajstić information content (AvgIpc) is 3.43. The molecule has 0 saturated carbocycles. The molecule has 0 atom stereocenters. The van der Waals surface area contributed by atoms with Crippen molar-refractivity contribution in [3.63, 3.8) is 0 Å². The number of carbonyl (C=O) groups is 1. The molecule has 1 aliphatic carbocycles. The largest absolute Gasteiger partial charge is 0.379 e. The first-order valence-electron chi connectivity index (χ1n) is 14.6. The molecule has 1 heterocycles. The Bertz CT molecular complexity index is 1540. The number of amides is 1. The number of carbonyl (C=O) groups excluding carboxylic acids is 1. The van der Waals surface area contributed by atoms with E-state index in [2.05, 4.69) is 56.8 Å². The number of anilines is 2. The van der Waals surface area contributed by atoms with Crippen LogP contribution in [0.2, 0.25) is 10.0 Å². The molecule has 7 heteroatoms. The lowest BCUT2D eigenvalue weighted by atomic mass is 9.94. The van der Waals surface area contributed by atoms with Crippen molar-refractivity contribution in [1.29, 1.82) is 0 Å². The van der Waals surface area contributed by atoms with Crippen LogP contribution in [0.3, 0.4) is 0 Å². The van der Waals surface area contributed by atoms with Crippen molar-refractivity contribution in [2.75, 3.05) is 36.8 Å². The summed E-state index contributed by atoms with van der Waals surface area (Å²) in [4.78, 5) is 17.0. The third-order valence-corrected chi connectivity index (χ3v) is 9.36. The van der Waals surface area contributed by atoms with Gasteiger partial charge in [0, 0.05) is 67.1 Å². The Morgan fingerprint density at radius 3 is 2.21 bits per heavy atom. The van der Waals surface area contributed by atoms with Gasteiger partial charge in [0.25, 0.3) is 0 Å².